The zero-order chi connectivity index (χ0) is 23.6. The van der Waals surface area contributed by atoms with Crippen LogP contribution < -0.4 is 15.5 Å². The Morgan fingerprint density at radius 1 is 0.886 bits per heavy atom. The summed E-state index contributed by atoms with van der Waals surface area (Å²) in [6.07, 6.45) is 2.06. The zero-order valence-corrected chi connectivity index (χ0v) is 20.2. The van der Waals surface area contributed by atoms with Crippen LogP contribution in [0.4, 0.5) is 23.5 Å². The summed E-state index contributed by atoms with van der Waals surface area (Å²) in [7, 11) is 2.13. The van der Waals surface area contributed by atoms with Crippen molar-refractivity contribution >= 4 is 56.5 Å². The van der Waals surface area contributed by atoms with E-state index >= 15 is 0 Å². The van der Waals surface area contributed by atoms with E-state index in [0.717, 1.165) is 53.5 Å². The van der Waals surface area contributed by atoms with E-state index in [9.17, 15) is 0 Å². The first kappa shape index (κ1) is 21.6. The van der Waals surface area contributed by atoms with Crippen molar-refractivity contribution in [2.24, 2.45) is 4.99 Å². The second kappa shape index (κ2) is 9.40. The number of aliphatic imine (C=N–C) groups is 1. The van der Waals surface area contributed by atoms with Crippen molar-refractivity contribution in [3.8, 4) is 0 Å². The SMILES string of the molecule is CN1CCN(c2nc(NC3=NCC(c4ccccc4)=C3)nc(Nc3ccc4ncsc4c3)n2)CC1. The van der Waals surface area contributed by atoms with Gasteiger partial charge in [-0.3, -0.25) is 4.99 Å². The minimum absolute atomic E-state index is 0.472. The molecular weight excluding hydrogens is 458 g/mol. The van der Waals surface area contributed by atoms with E-state index in [1.165, 1.54) is 5.56 Å². The molecule has 10 heteroatoms. The fourth-order valence-corrected chi connectivity index (χ4v) is 4.85. The van der Waals surface area contributed by atoms with E-state index in [1.54, 1.807) is 11.3 Å². The maximum absolute atomic E-state index is 4.75. The van der Waals surface area contributed by atoms with Crippen LogP contribution in [-0.2, 0) is 0 Å². The summed E-state index contributed by atoms with van der Waals surface area (Å²) in [4.78, 5) is 27.7. The predicted molar refractivity (Wildman–Crippen MR) is 143 cm³/mol. The smallest absolute Gasteiger partial charge is 0.235 e. The maximum atomic E-state index is 4.75. The van der Waals surface area contributed by atoms with Gasteiger partial charge < -0.3 is 20.4 Å². The predicted octanol–water partition coefficient (Wildman–Crippen LogP) is 3.88. The third-order valence-corrected chi connectivity index (χ3v) is 6.90. The van der Waals surface area contributed by atoms with Crippen molar-refractivity contribution in [2.75, 3.05) is 55.3 Å². The molecule has 2 aliphatic rings. The second-order valence-electron chi connectivity index (χ2n) is 8.59. The van der Waals surface area contributed by atoms with Gasteiger partial charge in [-0.15, -0.1) is 11.3 Å². The molecule has 2 aromatic carbocycles. The highest BCUT2D eigenvalue weighted by molar-refractivity contribution is 7.16. The van der Waals surface area contributed by atoms with Crippen molar-refractivity contribution in [2.45, 2.75) is 0 Å². The molecule has 4 aromatic rings. The molecule has 0 unspecified atom stereocenters. The van der Waals surface area contributed by atoms with Gasteiger partial charge in [-0.25, -0.2) is 4.98 Å². The number of likely N-dealkylation sites (N-methyl/N-ethyl adjacent to an activating group) is 1. The Kier molecular flexibility index (Phi) is 5.81. The summed E-state index contributed by atoms with van der Waals surface area (Å²) in [5.74, 6) is 2.37. The van der Waals surface area contributed by atoms with Crippen LogP contribution in [0.25, 0.3) is 15.8 Å². The zero-order valence-electron chi connectivity index (χ0n) is 19.3. The van der Waals surface area contributed by atoms with Crippen LogP contribution in [0.2, 0.25) is 0 Å². The molecule has 0 aliphatic carbocycles. The molecule has 35 heavy (non-hydrogen) atoms. The molecule has 0 radical (unpaired) electrons. The first-order chi connectivity index (χ1) is 17.2. The Balaban J connectivity index is 1.28. The number of thiazole rings is 1. The van der Waals surface area contributed by atoms with Crippen LogP contribution in [0.15, 0.2) is 65.1 Å². The molecule has 4 heterocycles. The van der Waals surface area contributed by atoms with Crippen LogP contribution in [0, 0.1) is 0 Å². The summed E-state index contributed by atoms with van der Waals surface area (Å²) in [5, 5.41) is 6.67. The van der Waals surface area contributed by atoms with Crippen LogP contribution in [0.5, 0.6) is 0 Å². The van der Waals surface area contributed by atoms with Crippen LogP contribution in [-0.4, -0.2) is 70.4 Å². The lowest BCUT2D eigenvalue weighted by molar-refractivity contribution is 0.311. The third kappa shape index (κ3) is 4.84. The number of rotatable bonds is 5. The summed E-state index contributed by atoms with van der Waals surface area (Å²) >= 11 is 1.61. The minimum atomic E-state index is 0.472. The van der Waals surface area contributed by atoms with E-state index in [0.29, 0.717) is 24.4 Å². The molecule has 2 aromatic heterocycles. The molecule has 176 valence electrons. The van der Waals surface area contributed by atoms with Crippen molar-refractivity contribution in [3.05, 3.63) is 65.7 Å². The number of hydrogen-bond acceptors (Lipinski definition) is 10. The molecule has 6 rings (SSSR count). The van der Waals surface area contributed by atoms with Gasteiger partial charge in [-0.2, -0.15) is 15.0 Å². The molecule has 1 fully saturated rings. The Hall–Kier alpha value is -3.89. The molecule has 2 aliphatic heterocycles. The van der Waals surface area contributed by atoms with Crippen LogP contribution in [0.3, 0.4) is 0 Å². The van der Waals surface area contributed by atoms with Gasteiger partial charge in [-0.05, 0) is 42.5 Å². The van der Waals surface area contributed by atoms with Gasteiger partial charge in [0.1, 0.15) is 5.84 Å². The van der Waals surface area contributed by atoms with Crippen molar-refractivity contribution in [3.63, 3.8) is 0 Å². The normalized spacial score (nSPS) is 16.3. The summed E-state index contributed by atoms with van der Waals surface area (Å²) in [6, 6.07) is 16.3. The first-order valence-electron chi connectivity index (χ1n) is 11.6. The van der Waals surface area contributed by atoms with Crippen molar-refractivity contribution in [1.29, 1.82) is 0 Å². The van der Waals surface area contributed by atoms with Crippen LogP contribution in [0.1, 0.15) is 5.56 Å². The largest absolute Gasteiger partial charge is 0.338 e. The number of nitrogens with zero attached hydrogens (tertiary/aromatic N) is 7. The molecule has 0 amide bonds. The second-order valence-corrected chi connectivity index (χ2v) is 9.48. The number of piperazine rings is 1. The fraction of sp³-hybridized carbons (Fsp3) is 0.240. The molecule has 0 bridgehead atoms. The Labute approximate surface area is 207 Å². The fourth-order valence-electron chi connectivity index (χ4n) is 4.13. The van der Waals surface area contributed by atoms with Gasteiger partial charge in [0.2, 0.25) is 17.8 Å². The first-order valence-corrected chi connectivity index (χ1v) is 12.4. The number of hydrogen-bond donors (Lipinski definition) is 2. The Bertz CT molecular complexity index is 1400. The number of nitrogens with one attached hydrogen (secondary N) is 2. The van der Waals surface area contributed by atoms with Crippen LogP contribution >= 0.6 is 11.3 Å². The molecule has 0 spiro atoms. The quantitative estimate of drug-likeness (QED) is 0.442. The van der Waals surface area contributed by atoms with Crippen molar-refractivity contribution in [1.82, 2.24) is 24.8 Å². The van der Waals surface area contributed by atoms with E-state index in [4.69, 9.17) is 9.97 Å². The van der Waals surface area contributed by atoms with Gasteiger partial charge in [0.25, 0.3) is 0 Å². The molecular formula is C25H25N9S. The Morgan fingerprint density at radius 3 is 2.51 bits per heavy atom. The molecule has 2 N–H and O–H groups in total. The Morgan fingerprint density at radius 2 is 1.69 bits per heavy atom. The van der Waals surface area contributed by atoms with Gasteiger partial charge in [0.15, 0.2) is 0 Å². The lowest BCUT2D eigenvalue weighted by atomic mass is 10.1. The van der Waals surface area contributed by atoms with E-state index in [2.05, 4.69) is 66.7 Å². The number of benzene rings is 2. The van der Waals surface area contributed by atoms with Gasteiger partial charge in [0.05, 0.1) is 22.3 Å². The standard InChI is InChI=1S/C25H25N9S/c1-33-9-11-34(12-10-33)25-31-23(28-19-7-8-20-21(14-19)35-16-27-20)30-24(32-25)29-22-13-18(15-26-22)17-5-3-2-4-6-17/h2-8,13-14,16H,9-12,15H2,1H3,(H2,26,28,29,30,31,32). The lowest BCUT2D eigenvalue weighted by Gasteiger charge is -2.32. The highest BCUT2D eigenvalue weighted by Gasteiger charge is 2.20. The molecule has 1 saturated heterocycles. The van der Waals surface area contributed by atoms with Gasteiger partial charge >= 0.3 is 0 Å². The maximum Gasteiger partial charge on any atom is 0.235 e. The van der Waals surface area contributed by atoms with E-state index in [1.807, 2.05) is 35.8 Å². The average Bonchev–Trinajstić information content (AvgIpc) is 3.54. The molecule has 9 nitrogen and oxygen atoms in total. The number of amidine groups is 1. The average molecular weight is 484 g/mol. The van der Waals surface area contributed by atoms with Gasteiger partial charge in [0, 0.05) is 31.9 Å². The summed E-state index contributed by atoms with van der Waals surface area (Å²) in [5.41, 5.74) is 6.08. The summed E-state index contributed by atoms with van der Waals surface area (Å²) < 4.78 is 1.11. The number of fused-ring (bicyclic) bond motifs is 1. The van der Waals surface area contributed by atoms with Gasteiger partial charge in [-0.1, -0.05) is 30.3 Å². The minimum Gasteiger partial charge on any atom is -0.338 e. The van der Waals surface area contributed by atoms with E-state index < -0.39 is 0 Å². The topological polar surface area (TPSA) is 94.5 Å². The third-order valence-electron chi connectivity index (χ3n) is 6.11. The molecule has 0 saturated carbocycles. The van der Waals surface area contributed by atoms with E-state index in [-0.39, 0.29) is 0 Å². The lowest BCUT2D eigenvalue weighted by Crippen LogP contribution is -2.45. The highest BCUT2D eigenvalue weighted by Crippen LogP contribution is 2.25. The highest BCUT2D eigenvalue weighted by atomic mass is 32.1. The molecule has 0 atom stereocenters. The van der Waals surface area contributed by atoms with Crippen molar-refractivity contribution < 1.29 is 0 Å². The number of aromatic nitrogens is 4. The summed E-state index contributed by atoms with van der Waals surface area (Å²) in [6.45, 7) is 4.30. The monoisotopic (exact) mass is 483 g/mol. The number of anilines is 4.